The zero-order chi connectivity index (χ0) is 13.4. The van der Waals surface area contributed by atoms with Gasteiger partial charge in [-0.2, -0.15) is 0 Å². The van der Waals surface area contributed by atoms with Gasteiger partial charge >= 0.3 is 5.97 Å². The molecule has 0 saturated heterocycles. The maximum atomic E-state index is 11.5. The van der Waals surface area contributed by atoms with Crippen molar-refractivity contribution in [1.29, 1.82) is 0 Å². The van der Waals surface area contributed by atoms with E-state index in [1.165, 1.54) is 0 Å². The summed E-state index contributed by atoms with van der Waals surface area (Å²) in [4.78, 5) is 21.8. The van der Waals surface area contributed by atoms with Gasteiger partial charge in [-0.15, -0.1) is 0 Å². The van der Waals surface area contributed by atoms with Crippen molar-refractivity contribution >= 4 is 33.5 Å². The lowest BCUT2D eigenvalue weighted by atomic mass is 10.3. The van der Waals surface area contributed by atoms with Crippen LogP contribution in [0.25, 0.3) is 0 Å². The van der Waals surface area contributed by atoms with Crippen LogP contribution in [0.3, 0.4) is 0 Å². The summed E-state index contributed by atoms with van der Waals surface area (Å²) in [6, 6.07) is 7.31. The lowest BCUT2D eigenvalue weighted by Gasteiger charge is -2.06. The van der Waals surface area contributed by atoms with Crippen LogP contribution in [0.4, 0.5) is 5.69 Å². The van der Waals surface area contributed by atoms with Crippen molar-refractivity contribution < 1.29 is 14.7 Å². The first-order chi connectivity index (χ1) is 8.58. The Bertz CT molecular complexity index is 424. The molecular weight excluding hydrogens is 300 g/mol. The molecule has 0 heterocycles. The highest BCUT2D eigenvalue weighted by Crippen LogP contribution is 2.15. The van der Waals surface area contributed by atoms with Crippen molar-refractivity contribution in [2.45, 2.75) is 12.8 Å². The van der Waals surface area contributed by atoms with Crippen LogP contribution in [0.1, 0.15) is 12.8 Å². The summed E-state index contributed by atoms with van der Waals surface area (Å²) in [6.07, 6.45) is 0.625. The van der Waals surface area contributed by atoms with Crippen LogP contribution in [0.15, 0.2) is 28.7 Å². The minimum absolute atomic E-state index is 0.111. The maximum absolute atomic E-state index is 11.5. The Morgan fingerprint density at radius 2 is 2.11 bits per heavy atom. The largest absolute Gasteiger partial charge is 0.481 e. The van der Waals surface area contributed by atoms with Crippen LogP contribution in [-0.2, 0) is 9.59 Å². The number of carboxylic acids is 1. The maximum Gasteiger partial charge on any atom is 0.303 e. The molecule has 6 heteroatoms. The summed E-state index contributed by atoms with van der Waals surface area (Å²) in [6.45, 7) is 0.685. The molecule has 0 unspecified atom stereocenters. The molecule has 18 heavy (non-hydrogen) atoms. The third-order valence-electron chi connectivity index (χ3n) is 2.14. The van der Waals surface area contributed by atoms with Gasteiger partial charge in [-0.3, -0.25) is 9.59 Å². The Labute approximate surface area is 114 Å². The first-order valence-electron chi connectivity index (χ1n) is 5.56. The lowest BCUT2D eigenvalue weighted by molar-refractivity contribution is -0.137. The van der Waals surface area contributed by atoms with E-state index in [2.05, 4.69) is 26.6 Å². The summed E-state index contributed by atoms with van der Waals surface area (Å²) in [5, 5.41) is 14.1. The highest BCUT2D eigenvalue weighted by atomic mass is 79.9. The number of carboxylic acid groups (broad SMARTS) is 1. The fraction of sp³-hybridized carbons (Fsp3) is 0.333. The van der Waals surface area contributed by atoms with E-state index in [0.29, 0.717) is 13.0 Å². The van der Waals surface area contributed by atoms with Crippen molar-refractivity contribution in [3.63, 3.8) is 0 Å². The van der Waals surface area contributed by atoms with Crippen molar-refractivity contribution in [2.24, 2.45) is 0 Å². The number of carbonyl (C=O) groups is 2. The number of benzene rings is 1. The number of aliphatic carboxylic acids is 1. The summed E-state index contributed by atoms with van der Waals surface area (Å²) in [7, 11) is 0. The number of carbonyl (C=O) groups excluding carboxylic acids is 1. The zero-order valence-corrected chi connectivity index (χ0v) is 11.4. The van der Waals surface area contributed by atoms with Gasteiger partial charge in [0.25, 0.3) is 0 Å². The Balaban J connectivity index is 2.20. The van der Waals surface area contributed by atoms with Crippen molar-refractivity contribution in [3.8, 4) is 0 Å². The van der Waals surface area contributed by atoms with Gasteiger partial charge < -0.3 is 15.7 Å². The highest BCUT2D eigenvalue weighted by molar-refractivity contribution is 9.10. The molecule has 0 bridgehead atoms. The minimum Gasteiger partial charge on any atom is -0.481 e. The smallest absolute Gasteiger partial charge is 0.303 e. The highest BCUT2D eigenvalue weighted by Gasteiger charge is 2.02. The zero-order valence-electron chi connectivity index (χ0n) is 9.78. The molecule has 98 valence electrons. The van der Waals surface area contributed by atoms with E-state index in [0.717, 1.165) is 10.2 Å². The number of nitrogens with one attached hydrogen (secondary N) is 2. The second kappa shape index (κ2) is 7.84. The molecule has 1 aromatic rings. The number of hydrogen-bond donors (Lipinski definition) is 3. The van der Waals surface area contributed by atoms with E-state index in [9.17, 15) is 9.59 Å². The number of rotatable bonds is 7. The van der Waals surface area contributed by atoms with Gasteiger partial charge in [0.2, 0.25) is 5.91 Å². The molecule has 3 N–H and O–H groups in total. The number of hydrogen-bond acceptors (Lipinski definition) is 3. The first kappa shape index (κ1) is 14.7. The standard InChI is InChI=1S/C12H15BrN2O3/c13-9-3-1-4-10(7-9)15-11(16)8-14-6-2-5-12(17)18/h1,3-4,7,14H,2,5-6,8H2,(H,15,16)(H,17,18). The number of halogens is 1. The predicted octanol–water partition coefficient (Wildman–Crippen LogP) is 1.84. The van der Waals surface area contributed by atoms with Gasteiger partial charge in [0, 0.05) is 16.6 Å². The third-order valence-corrected chi connectivity index (χ3v) is 2.63. The third kappa shape index (κ3) is 6.36. The average molecular weight is 315 g/mol. The van der Waals surface area contributed by atoms with E-state index in [1.54, 1.807) is 6.07 Å². The Morgan fingerprint density at radius 3 is 2.78 bits per heavy atom. The normalized spacial score (nSPS) is 10.1. The molecule has 0 aliphatic carbocycles. The topological polar surface area (TPSA) is 78.4 Å². The van der Waals surface area contributed by atoms with Crippen LogP contribution in [0.5, 0.6) is 0 Å². The van der Waals surface area contributed by atoms with Crippen LogP contribution >= 0.6 is 15.9 Å². The van der Waals surface area contributed by atoms with Crippen molar-refractivity contribution in [2.75, 3.05) is 18.4 Å². The predicted molar refractivity (Wildman–Crippen MR) is 72.5 cm³/mol. The number of amides is 1. The fourth-order valence-corrected chi connectivity index (χ4v) is 1.74. The van der Waals surface area contributed by atoms with E-state index in [-0.39, 0.29) is 18.9 Å². The van der Waals surface area contributed by atoms with Gasteiger partial charge in [-0.05, 0) is 31.2 Å². The van der Waals surface area contributed by atoms with Gasteiger partial charge in [0.1, 0.15) is 0 Å². The molecule has 0 atom stereocenters. The second-order valence-electron chi connectivity index (χ2n) is 3.73. The fourth-order valence-electron chi connectivity index (χ4n) is 1.34. The summed E-state index contributed by atoms with van der Waals surface area (Å²) in [5.74, 6) is -0.973. The first-order valence-corrected chi connectivity index (χ1v) is 6.35. The Morgan fingerprint density at radius 1 is 1.33 bits per heavy atom. The monoisotopic (exact) mass is 314 g/mol. The molecule has 1 amide bonds. The van der Waals surface area contributed by atoms with E-state index in [4.69, 9.17) is 5.11 Å². The second-order valence-corrected chi connectivity index (χ2v) is 4.65. The van der Waals surface area contributed by atoms with Crippen LogP contribution in [0.2, 0.25) is 0 Å². The van der Waals surface area contributed by atoms with Crippen LogP contribution in [0, 0.1) is 0 Å². The molecule has 0 spiro atoms. The van der Waals surface area contributed by atoms with Crippen molar-refractivity contribution in [1.82, 2.24) is 5.32 Å². The molecule has 0 fully saturated rings. The molecule has 0 radical (unpaired) electrons. The molecule has 0 aromatic heterocycles. The van der Waals surface area contributed by atoms with Crippen LogP contribution in [-0.4, -0.2) is 30.1 Å². The van der Waals surface area contributed by atoms with Crippen LogP contribution < -0.4 is 10.6 Å². The van der Waals surface area contributed by atoms with Gasteiger partial charge in [-0.1, -0.05) is 22.0 Å². The molecule has 0 aliphatic heterocycles. The lowest BCUT2D eigenvalue weighted by Crippen LogP contribution is -2.29. The molecule has 0 aliphatic rings. The van der Waals surface area contributed by atoms with Gasteiger partial charge in [-0.25, -0.2) is 0 Å². The quantitative estimate of drug-likeness (QED) is 0.671. The van der Waals surface area contributed by atoms with Crippen molar-refractivity contribution in [3.05, 3.63) is 28.7 Å². The van der Waals surface area contributed by atoms with Gasteiger partial charge in [0.15, 0.2) is 0 Å². The SMILES string of the molecule is O=C(O)CCCNCC(=O)Nc1cccc(Br)c1. The Kier molecular flexibility index (Phi) is 6.38. The summed E-state index contributed by atoms with van der Waals surface area (Å²) < 4.78 is 0.898. The average Bonchev–Trinajstić information content (AvgIpc) is 2.28. The Hall–Kier alpha value is -1.40. The van der Waals surface area contributed by atoms with E-state index >= 15 is 0 Å². The molecule has 0 saturated carbocycles. The summed E-state index contributed by atoms with van der Waals surface area (Å²) in [5.41, 5.74) is 0.724. The minimum atomic E-state index is -0.824. The molecule has 1 rings (SSSR count). The number of anilines is 1. The molecule has 1 aromatic carbocycles. The molecular formula is C12H15BrN2O3. The molecule has 5 nitrogen and oxygen atoms in total. The van der Waals surface area contributed by atoms with Gasteiger partial charge in [0.05, 0.1) is 6.54 Å². The van der Waals surface area contributed by atoms with E-state index < -0.39 is 5.97 Å². The van der Waals surface area contributed by atoms with E-state index in [1.807, 2.05) is 18.2 Å². The summed E-state index contributed by atoms with van der Waals surface area (Å²) >= 11 is 3.32.